The number of aliphatic hydroxyl groups is 1. The summed E-state index contributed by atoms with van der Waals surface area (Å²) in [4.78, 5) is 0. The van der Waals surface area contributed by atoms with E-state index in [1.165, 1.54) is 70.6 Å². The van der Waals surface area contributed by atoms with Gasteiger partial charge >= 0.3 is 0 Å². The van der Waals surface area contributed by atoms with Crippen LogP contribution in [0.15, 0.2) is 24.3 Å². The Morgan fingerprint density at radius 3 is 1.78 bits per heavy atom. The summed E-state index contributed by atoms with van der Waals surface area (Å²) in [7, 11) is 0. The summed E-state index contributed by atoms with van der Waals surface area (Å²) < 4.78 is 0. The molecule has 0 saturated heterocycles. The Morgan fingerprint density at radius 1 is 0.783 bits per heavy atom. The highest BCUT2D eigenvalue weighted by Crippen LogP contribution is 2.11. The summed E-state index contributed by atoms with van der Waals surface area (Å²) in [6, 6.07) is 0. The number of aliphatic hydroxyl groups excluding tert-OH is 1. The molecule has 0 spiro atoms. The third-order valence-electron chi connectivity index (χ3n) is 4.05. The molecule has 0 radical (unpaired) electrons. The van der Waals surface area contributed by atoms with Crippen LogP contribution in [0.25, 0.3) is 0 Å². The molecule has 0 aromatic rings. The van der Waals surface area contributed by atoms with Crippen molar-refractivity contribution in [1.82, 2.24) is 0 Å². The third kappa shape index (κ3) is 19.0. The minimum absolute atomic E-state index is 0.710. The maximum Gasteiger partial charge on any atom is 0.133 e. The SMILES string of the molecule is C#CC(O)/C=C/CCCCCCCC/C=C/CCCCC(C)C. The molecule has 0 aliphatic heterocycles. The minimum atomic E-state index is -0.710. The van der Waals surface area contributed by atoms with Crippen LogP contribution in [0.5, 0.6) is 0 Å². The molecule has 0 bridgehead atoms. The molecular formula is C22H38O. The van der Waals surface area contributed by atoms with Gasteiger partial charge in [-0.3, -0.25) is 0 Å². The maximum absolute atomic E-state index is 9.16. The van der Waals surface area contributed by atoms with Gasteiger partial charge in [-0.1, -0.05) is 76.5 Å². The van der Waals surface area contributed by atoms with E-state index >= 15 is 0 Å². The fraction of sp³-hybridized carbons (Fsp3) is 0.727. The van der Waals surface area contributed by atoms with E-state index in [2.05, 4.69) is 31.9 Å². The van der Waals surface area contributed by atoms with Crippen molar-refractivity contribution in [3.8, 4) is 12.3 Å². The van der Waals surface area contributed by atoms with Gasteiger partial charge in [0.05, 0.1) is 0 Å². The average Bonchev–Trinajstić information content (AvgIpc) is 2.53. The molecule has 0 aliphatic carbocycles. The van der Waals surface area contributed by atoms with E-state index in [0.29, 0.717) is 0 Å². The van der Waals surface area contributed by atoms with Crippen LogP contribution in [0, 0.1) is 18.3 Å². The molecule has 0 rings (SSSR count). The first-order valence-electron chi connectivity index (χ1n) is 9.62. The molecular weight excluding hydrogens is 280 g/mol. The molecule has 0 fully saturated rings. The Kier molecular flexibility index (Phi) is 16.6. The van der Waals surface area contributed by atoms with Crippen LogP contribution < -0.4 is 0 Å². The lowest BCUT2D eigenvalue weighted by molar-refractivity contribution is 0.280. The first-order valence-corrected chi connectivity index (χ1v) is 9.62. The van der Waals surface area contributed by atoms with Crippen LogP contribution in [0.3, 0.4) is 0 Å². The molecule has 1 N–H and O–H groups in total. The third-order valence-corrected chi connectivity index (χ3v) is 4.05. The standard InChI is InChI=1S/C22H38O/c1-4-22(23)20-18-16-14-12-10-8-6-5-7-9-11-13-15-17-19-21(2)3/h1,9,11,18,20-23H,5-8,10,12-17,19H2,2-3H3/b11-9+,20-18+. The Labute approximate surface area is 145 Å². The second-order valence-corrected chi connectivity index (χ2v) is 6.89. The summed E-state index contributed by atoms with van der Waals surface area (Å²) in [5.74, 6) is 3.13. The summed E-state index contributed by atoms with van der Waals surface area (Å²) >= 11 is 0. The maximum atomic E-state index is 9.16. The second kappa shape index (κ2) is 17.4. The first-order chi connectivity index (χ1) is 11.2. The zero-order valence-electron chi connectivity index (χ0n) is 15.5. The van der Waals surface area contributed by atoms with Gasteiger partial charge in [0, 0.05) is 0 Å². The van der Waals surface area contributed by atoms with E-state index in [0.717, 1.165) is 12.3 Å². The molecule has 1 nitrogen and oxygen atoms in total. The lowest BCUT2D eigenvalue weighted by Crippen LogP contribution is -1.95. The smallest absolute Gasteiger partial charge is 0.133 e. The Morgan fingerprint density at radius 2 is 1.26 bits per heavy atom. The second-order valence-electron chi connectivity index (χ2n) is 6.89. The number of allylic oxidation sites excluding steroid dienone is 3. The van der Waals surface area contributed by atoms with Crippen molar-refractivity contribution >= 4 is 0 Å². The summed E-state index contributed by atoms with van der Waals surface area (Å²) in [5, 5.41) is 9.16. The van der Waals surface area contributed by atoms with Gasteiger partial charge in [0.2, 0.25) is 0 Å². The van der Waals surface area contributed by atoms with E-state index < -0.39 is 6.10 Å². The van der Waals surface area contributed by atoms with Gasteiger partial charge in [0.15, 0.2) is 0 Å². The van der Waals surface area contributed by atoms with Gasteiger partial charge in [-0.2, -0.15) is 0 Å². The predicted octanol–water partition coefficient (Wildman–Crippen LogP) is 6.43. The van der Waals surface area contributed by atoms with Crippen molar-refractivity contribution in [2.45, 2.75) is 97.0 Å². The molecule has 1 unspecified atom stereocenters. The van der Waals surface area contributed by atoms with E-state index in [4.69, 9.17) is 11.5 Å². The molecule has 0 amide bonds. The number of rotatable bonds is 15. The van der Waals surface area contributed by atoms with E-state index in [1.54, 1.807) is 6.08 Å². The average molecular weight is 319 g/mol. The number of terminal acetylenes is 1. The van der Waals surface area contributed by atoms with Crippen LogP contribution >= 0.6 is 0 Å². The number of unbranched alkanes of at least 4 members (excludes halogenated alkanes) is 9. The lowest BCUT2D eigenvalue weighted by Gasteiger charge is -2.02. The fourth-order valence-corrected chi connectivity index (χ4v) is 2.56. The van der Waals surface area contributed by atoms with E-state index in [1.807, 2.05) is 6.08 Å². The zero-order valence-corrected chi connectivity index (χ0v) is 15.5. The van der Waals surface area contributed by atoms with Crippen molar-refractivity contribution in [2.24, 2.45) is 5.92 Å². The highest BCUT2D eigenvalue weighted by molar-refractivity contribution is 5.05. The van der Waals surface area contributed by atoms with Crippen LogP contribution in [0.1, 0.15) is 90.9 Å². The number of hydrogen-bond donors (Lipinski definition) is 1. The Balaban J connectivity index is 3.19. The largest absolute Gasteiger partial charge is 0.377 e. The highest BCUT2D eigenvalue weighted by Gasteiger charge is 1.93. The Bertz CT molecular complexity index is 332. The molecule has 23 heavy (non-hydrogen) atoms. The van der Waals surface area contributed by atoms with Crippen LogP contribution in [0.2, 0.25) is 0 Å². The lowest BCUT2D eigenvalue weighted by atomic mass is 10.0. The van der Waals surface area contributed by atoms with Gasteiger partial charge < -0.3 is 5.11 Å². The van der Waals surface area contributed by atoms with E-state index in [9.17, 15) is 0 Å². The van der Waals surface area contributed by atoms with Gasteiger partial charge in [-0.15, -0.1) is 6.42 Å². The summed E-state index contributed by atoms with van der Waals surface area (Å²) in [6.45, 7) is 4.60. The molecule has 0 aromatic carbocycles. The predicted molar refractivity (Wildman–Crippen MR) is 103 cm³/mol. The van der Waals surface area contributed by atoms with Crippen LogP contribution in [0.4, 0.5) is 0 Å². The van der Waals surface area contributed by atoms with Gasteiger partial charge in [-0.25, -0.2) is 0 Å². The van der Waals surface area contributed by atoms with Crippen molar-refractivity contribution in [2.75, 3.05) is 0 Å². The molecule has 1 heteroatoms. The van der Waals surface area contributed by atoms with Gasteiger partial charge in [-0.05, 0) is 50.5 Å². The fourth-order valence-electron chi connectivity index (χ4n) is 2.56. The quantitative estimate of drug-likeness (QED) is 0.209. The van der Waals surface area contributed by atoms with Crippen LogP contribution in [-0.4, -0.2) is 11.2 Å². The molecule has 0 aromatic heterocycles. The monoisotopic (exact) mass is 318 g/mol. The van der Waals surface area contributed by atoms with E-state index in [-0.39, 0.29) is 0 Å². The highest BCUT2D eigenvalue weighted by atomic mass is 16.3. The molecule has 1 atom stereocenters. The topological polar surface area (TPSA) is 20.2 Å². The van der Waals surface area contributed by atoms with Gasteiger partial charge in [0.25, 0.3) is 0 Å². The molecule has 132 valence electrons. The van der Waals surface area contributed by atoms with Crippen molar-refractivity contribution in [3.05, 3.63) is 24.3 Å². The summed E-state index contributed by atoms with van der Waals surface area (Å²) in [5.41, 5.74) is 0. The summed E-state index contributed by atoms with van der Waals surface area (Å²) in [6.07, 6.45) is 28.3. The first kappa shape index (κ1) is 22.0. The normalized spacial score (nSPS) is 13.2. The number of hydrogen-bond acceptors (Lipinski definition) is 1. The van der Waals surface area contributed by atoms with Crippen LogP contribution in [-0.2, 0) is 0 Å². The Hall–Kier alpha value is -1.00. The van der Waals surface area contributed by atoms with Crippen molar-refractivity contribution in [1.29, 1.82) is 0 Å². The van der Waals surface area contributed by atoms with Crippen molar-refractivity contribution in [3.63, 3.8) is 0 Å². The molecule has 0 aliphatic rings. The van der Waals surface area contributed by atoms with Crippen molar-refractivity contribution < 1.29 is 5.11 Å². The minimum Gasteiger partial charge on any atom is -0.377 e. The molecule has 0 saturated carbocycles. The van der Waals surface area contributed by atoms with Gasteiger partial charge in [0.1, 0.15) is 6.10 Å². The molecule has 0 heterocycles. The zero-order chi connectivity index (χ0) is 17.2.